The van der Waals surface area contributed by atoms with Gasteiger partial charge in [-0.05, 0) is 50.1 Å². The van der Waals surface area contributed by atoms with E-state index in [4.69, 9.17) is 16.3 Å². The highest BCUT2D eigenvalue weighted by Gasteiger charge is 2.41. The third-order valence-corrected chi connectivity index (χ3v) is 7.09. The third kappa shape index (κ3) is 5.06. The largest absolute Gasteiger partial charge is 0.451 e. The number of benzene rings is 2. The molecule has 0 spiro atoms. The molecule has 1 aliphatic heterocycles. The minimum atomic E-state index is -3.97. The number of hydrogen-bond donors (Lipinski definition) is 1. The second-order valence-electron chi connectivity index (χ2n) is 7.07. The number of rotatable bonds is 7. The molecule has 2 aromatic rings. The van der Waals surface area contributed by atoms with Gasteiger partial charge in [0.05, 0.1) is 9.82 Å². The Kier molecular flexibility index (Phi) is 7.12. The molecule has 2 unspecified atom stereocenters. The fourth-order valence-electron chi connectivity index (χ4n) is 3.28. The maximum atomic E-state index is 13.0. The first-order valence-electron chi connectivity index (χ1n) is 9.63. The first kappa shape index (κ1) is 23.6. The van der Waals surface area contributed by atoms with E-state index in [1.165, 1.54) is 55.5 Å². The van der Waals surface area contributed by atoms with E-state index in [9.17, 15) is 28.1 Å². The number of hydrogen-bond acceptors (Lipinski definition) is 7. The Morgan fingerprint density at radius 3 is 2.53 bits per heavy atom. The molecule has 2 atom stereocenters. The summed E-state index contributed by atoms with van der Waals surface area (Å²) in [6, 6.07) is 10.0. The molecule has 170 valence electrons. The van der Waals surface area contributed by atoms with Crippen LogP contribution in [0.3, 0.4) is 0 Å². The highest BCUT2D eigenvalue weighted by atomic mass is 35.5. The zero-order valence-electron chi connectivity index (χ0n) is 16.9. The number of para-hydroxylation sites is 2. The summed E-state index contributed by atoms with van der Waals surface area (Å²) in [6.07, 6.45) is -0.615. The van der Waals surface area contributed by atoms with Gasteiger partial charge in [-0.15, -0.1) is 0 Å². The highest BCUT2D eigenvalue weighted by molar-refractivity contribution is 7.89. The molecule has 1 aliphatic rings. The maximum absolute atomic E-state index is 13.0. The predicted molar refractivity (Wildman–Crippen MR) is 116 cm³/mol. The lowest BCUT2D eigenvalue weighted by atomic mass is 10.2. The smallest absolute Gasteiger partial charge is 0.325 e. The molecule has 0 bridgehead atoms. The van der Waals surface area contributed by atoms with Gasteiger partial charge in [0.15, 0.2) is 6.10 Å². The standard InChI is InChI=1S/C20H20ClN3O7S/c1-13(19(25)22-16-5-2-3-6-17(16)24(27)28)31-20(26)18-7-4-12-23(18)32(29,30)15-10-8-14(21)9-11-15/h2-3,5-6,8-11,13,18H,4,7,12H2,1H3,(H,22,25). The van der Waals surface area contributed by atoms with Gasteiger partial charge >= 0.3 is 5.97 Å². The predicted octanol–water partition coefficient (Wildman–Crippen LogP) is 2.97. The van der Waals surface area contributed by atoms with Gasteiger partial charge in [-0.2, -0.15) is 4.31 Å². The van der Waals surface area contributed by atoms with E-state index in [-0.39, 0.29) is 29.2 Å². The van der Waals surface area contributed by atoms with Crippen LogP contribution in [-0.2, 0) is 24.3 Å². The quantitative estimate of drug-likeness (QED) is 0.364. The van der Waals surface area contributed by atoms with E-state index in [0.717, 1.165) is 4.31 Å². The van der Waals surface area contributed by atoms with Crippen LogP contribution in [-0.4, -0.2) is 48.2 Å². The number of nitrogens with zero attached hydrogens (tertiary/aromatic N) is 2. The van der Waals surface area contributed by atoms with Crippen molar-refractivity contribution in [3.05, 3.63) is 63.7 Å². The fraction of sp³-hybridized carbons (Fsp3) is 0.300. The van der Waals surface area contributed by atoms with E-state index in [0.29, 0.717) is 11.4 Å². The number of anilines is 1. The normalized spacial score (nSPS) is 17.5. The Morgan fingerprint density at radius 2 is 1.88 bits per heavy atom. The van der Waals surface area contributed by atoms with E-state index in [1.807, 2.05) is 0 Å². The summed E-state index contributed by atoms with van der Waals surface area (Å²) in [5.74, 6) is -1.65. The summed E-state index contributed by atoms with van der Waals surface area (Å²) in [5, 5.41) is 13.8. The lowest BCUT2D eigenvalue weighted by molar-refractivity contribution is -0.383. The zero-order valence-corrected chi connectivity index (χ0v) is 18.5. The van der Waals surface area contributed by atoms with Crippen molar-refractivity contribution in [2.24, 2.45) is 0 Å². The number of nitrogens with one attached hydrogen (secondary N) is 1. The topological polar surface area (TPSA) is 136 Å². The van der Waals surface area contributed by atoms with Crippen LogP contribution in [0.1, 0.15) is 19.8 Å². The molecule has 1 N–H and O–H groups in total. The molecule has 2 aromatic carbocycles. The number of halogens is 1. The van der Waals surface area contributed by atoms with Crippen LogP contribution in [0, 0.1) is 10.1 Å². The Morgan fingerprint density at radius 1 is 1.22 bits per heavy atom. The van der Waals surface area contributed by atoms with Crippen molar-refractivity contribution in [2.45, 2.75) is 36.8 Å². The van der Waals surface area contributed by atoms with Crippen molar-refractivity contribution < 1.29 is 27.7 Å². The molecule has 0 radical (unpaired) electrons. The van der Waals surface area contributed by atoms with Crippen LogP contribution in [0.15, 0.2) is 53.4 Å². The molecule has 0 aromatic heterocycles. The first-order chi connectivity index (χ1) is 15.1. The minimum absolute atomic E-state index is 0.0104. The second-order valence-corrected chi connectivity index (χ2v) is 9.40. The summed E-state index contributed by atoms with van der Waals surface area (Å²) in [6.45, 7) is 1.43. The maximum Gasteiger partial charge on any atom is 0.325 e. The lowest BCUT2D eigenvalue weighted by Gasteiger charge is -2.24. The molecule has 32 heavy (non-hydrogen) atoms. The van der Waals surface area contributed by atoms with Crippen LogP contribution >= 0.6 is 11.6 Å². The lowest BCUT2D eigenvalue weighted by Crippen LogP contribution is -2.43. The van der Waals surface area contributed by atoms with Crippen LogP contribution in [0.25, 0.3) is 0 Å². The Balaban J connectivity index is 1.70. The molecular weight excluding hydrogens is 462 g/mol. The van der Waals surface area contributed by atoms with Crippen molar-refractivity contribution in [3.63, 3.8) is 0 Å². The monoisotopic (exact) mass is 481 g/mol. The summed E-state index contributed by atoms with van der Waals surface area (Å²) >= 11 is 5.81. The molecule has 1 fully saturated rings. The zero-order chi connectivity index (χ0) is 23.5. The summed E-state index contributed by atoms with van der Waals surface area (Å²) in [5.41, 5.74) is -0.353. The summed E-state index contributed by atoms with van der Waals surface area (Å²) in [7, 11) is -3.97. The number of nitro benzene ring substituents is 1. The average molecular weight is 482 g/mol. The van der Waals surface area contributed by atoms with E-state index in [2.05, 4.69) is 5.32 Å². The van der Waals surface area contributed by atoms with Crippen LogP contribution < -0.4 is 5.32 Å². The minimum Gasteiger partial charge on any atom is -0.451 e. The van der Waals surface area contributed by atoms with E-state index >= 15 is 0 Å². The van der Waals surface area contributed by atoms with Gasteiger partial charge in [0.1, 0.15) is 11.7 Å². The Labute approximate surface area is 189 Å². The number of carbonyl (C=O) groups excluding carboxylic acids is 2. The van der Waals surface area contributed by atoms with Crippen molar-refractivity contribution in [2.75, 3.05) is 11.9 Å². The SMILES string of the molecule is CC(OC(=O)C1CCCN1S(=O)(=O)c1ccc(Cl)cc1)C(=O)Nc1ccccc1[N+](=O)[O-]. The third-order valence-electron chi connectivity index (χ3n) is 4.92. The number of nitro groups is 1. The number of esters is 1. The van der Waals surface area contributed by atoms with Gasteiger partial charge in [0.2, 0.25) is 10.0 Å². The van der Waals surface area contributed by atoms with Crippen LogP contribution in [0.5, 0.6) is 0 Å². The molecule has 1 heterocycles. The van der Waals surface area contributed by atoms with Crippen LogP contribution in [0.4, 0.5) is 11.4 Å². The van der Waals surface area contributed by atoms with Crippen molar-refractivity contribution in [3.8, 4) is 0 Å². The Bertz CT molecular complexity index is 1140. The molecule has 3 rings (SSSR count). The highest BCUT2D eigenvalue weighted by Crippen LogP contribution is 2.28. The number of ether oxygens (including phenoxy) is 1. The number of carbonyl (C=O) groups is 2. The molecule has 12 heteroatoms. The van der Waals surface area contributed by atoms with Gasteiger partial charge < -0.3 is 10.1 Å². The average Bonchev–Trinajstić information content (AvgIpc) is 3.25. The molecule has 0 saturated carbocycles. The van der Waals surface area contributed by atoms with Crippen molar-refractivity contribution in [1.82, 2.24) is 4.31 Å². The van der Waals surface area contributed by atoms with Gasteiger partial charge in [0, 0.05) is 17.6 Å². The number of amides is 1. The van der Waals surface area contributed by atoms with E-state index in [1.54, 1.807) is 0 Å². The van der Waals surface area contributed by atoms with E-state index < -0.39 is 39.0 Å². The van der Waals surface area contributed by atoms with Crippen molar-refractivity contribution >= 4 is 44.9 Å². The summed E-state index contributed by atoms with van der Waals surface area (Å²) in [4.78, 5) is 35.5. The molecular formula is C20H20ClN3O7S. The number of sulfonamides is 1. The van der Waals surface area contributed by atoms with Gasteiger partial charge in [-0.3, -0.25) is 19.7 Å². The summed E-state index contributed by atoms with van der Waals surface area (Å²) < 4.78 is 32.2. The molecule has 10 nitrogen and oxygen atoms in total. The fourth-order valence-corrected chi connectivity index (χ4v) is 5.06. The second kappa shape index (κ2) is 9.63. The molecule has 1 amide bonds. The van der Waals surface area contributed by atoms with Gasteiger partial charge in [-0.25, -0.2) is 8.42 Å². The Hall–Kier alpha value is -3.02. The van der Waals surface area contributed by atoms with Gasteiger partial charge in [-0.1, -0.05) is 23.7 Å². The van der Waals surface area contributed by atoms with Crippen LogP contribution in [0.2, 0.25) is 5.02 Å². The van der Waals surface area contributed by atoms with Crippen molar-refractivity contribution in [1.29, 1.82) is 0 Å². The van der Waals surface area contributed by atoms with Gasteiger partial charge in [0.25, 0.3) is 11.6 Å². The molecule has 1 saturated heterocycles. The first-order valence-corrected chi connectivity index (χ1v) is 11.4. The molecule has 0 aliphatic carbocycles.